The van der Waals surface area contributed by atoms with E-state index in [0.717, 1.165) is 22.6 Å². The van der Waals surface area contributed by atoms with Gasteiger partial charge in [0, 0.05) is 21.1 Å². The number of fused-ring (bicyclic) bond motifs is 5. The largest absolute Gasteiger partial charge is 0.231 e. The minimum atomic E-state index is -0.0542. The van der Waals surface area contributed by atoms with E-state index in [-0.39, 0.29) is 5.41 Å². The average Bonchev–Trinajstić information content (AvgIpc) is 3.06. The van der Waals surface area contributed by atoms with Crippen molar-refractivity contribution < 1.29 is 0 Å². The summed E-state index contributed by atoms with van der Waals surface area (Å²) in [7, 11) is 0. The van der Waals surface area contributed by atoms with E-state index < -0.39 is 0 Å². The van der Waals surface area contributed by atoms with Crippen molar-refractivity contribution in [3.8, 4) is 11.4 Å². The Kier molecular flexibility index (Phi) is 3.56. The van der Waals surface area contributed by atoms with Gasteiger partial charge in [-0.25, -0.2) is 9.97 Å². The smallest absolute Gasteiger partial charge is 0.160 e. The van der Waals surface area contributed by atoms with E-state index >= 15 is 0 Å². The highest BCUT2D eigenvalue weighted by Gasteiger charge is 2.24. The Morgan fingerprint density at radius 1 is 0.778 bits per heavy atom. The van der Waals surface area contributed by atoms with Crippen LogP contribution in [-0.2, 0) is 5.41 Å². The number of hydrogen-bond donors (Lipinski definition) is 0. The second-order valence-corrected chi connectivity index (χ2v) is 9.00. The van der Waals surface area contributed by atoms with Crippen LogP contribution in [0.15, 0.2) is 66.7 Å². The molecule has 0 spiro atoms. The molecule has 132 valence electrons. The average molecular weight is 369 g/mol. The molecule has 0 atom stereocenters. The Balaban J connectivity index is 1.98. The second-order valence-electron chi connectivity index (χ2n) is 7.95. The molecule has 0 saturated heterocycles. The van der Waals surface area contributed by atoms with Gasteiger partial charge in [-0.15, -0.1) is 11.3 Å². The predicted molar refractivity (Wildman–Crippen MR) is 117 cm³/mol. The molecule has 0 radical (unpaired) electrons. The van der Waals surface area contributed by atoms with Crippen molar-refractivity contribution in [3.63, 3.8) is 0 Å². The van der Waals surface area contributed by atoms with Crippen molar-refractivity contribution in [2.45, 2.75) is 26.2 Å². The summed E-state index contributed by atoms with van der Waals surface area (Å²) in [5.74, 6) is 0.806. The number of rotatable bonds is 1. The maximum atomic E-state index is 5.06. The van der Waals surface area contributed by atoms with Gasteiger partial charge in [0.2, 0.25) is 0 Å². The van der Waals surface area contributed by atoms with E-state index in [4.69, 9.17) is 9.97 Å². The first-order chi connectivity index (χ1) is 13.0. The summed E-state index contributed by atoms with van der Waals surface area (Å²) in [4.78, 5) is 10.1. The van der Waals surface area contributed by atoms with Gasteiger partial charge < -0.3 is 0 Å². The highest BCUT2D eigenvalue weighted by molar-refractivity contribution is 7.26. The highest BCUT2D eigenvalue weighted by Crippen LogP contribution is 2.42. The number of aromatic nitrogens is 2. The van der Waals surface area contributed by atoms with Gasteiger partial charge in [0.05, 0.1) is 15.9 Å². The van der Waals surface area contributed by atoms with Gasteiger partial charge in [-0.1, -0.05) is 81.4 Å². The molecule has 2 nitrogen and oxygen atoms in total. The van der Waals surface area contributed by atoms with Gasteiger partial charge in [0.1, 0.15) is 0 Å². The Hall–Kier alpha value is -2.78. The molecule has 5 aromatic rings. The van der Waals surface area contributed by atoms with Crippen LogP contribution in [0.1, 0.15) is 26.5 Å². The number of benzene rings is 3. The van der Waals surface area contributed by atoms with Gasteiger partial charge in [-0.3, -0.25) is 0 Å². The lowest BCUT2D eigenvalue weighted by molar-refractivity contribution is 0.576. The summed E-state index contributed by atoms with van der Waals surface area (Å²) in [6.07, 6.45) is 0. The lowest BCUT2D eigenvalue weighted by atomic mass is 9.91. The standard InChI is InChI=1S/C24H20N2S/c1-24(2,3)22-21-20(25-23(26-22)16-10-5-4-6-11-16)19-17-12-8-7-9-15(17)13-14-18(19)27-21/h4-14H,1-3H3. The molecule has 3 aromatic carbocycles. The van der Waals surface area contributed by atoms with Crippen LogP contribution < -0.4 is 0 Å². The molecule has 0 N–H and O–H groups in total. The molecule has 5 rings (SSSR count). The third-order valence-electron chi connectivity index (χ3n) is 4.95. The molecule has 0 aliphatic heterocycles. The van der Waals surface area contributed by atoms with Crippen LogP contribution in [-0.4, -0.2) is 9.97 Å². The first-order valence-electron chi connectivity index (χ1n) is 9.20. The molecule has 0 fully saturated rings. The molecule has 2 heterocycles. The molecular weight excluding hydrogens is 348 g/mol. The topological polar surface area (TPSA) is 25.8 Å². The van der Waals surface area contributed by atoms with E-state index in [1.54, 1.807) is 0 Å². The van der Waals surface area contributed by atoms with Gasteiger partial charge in [-0.2, -0.15) is 0 Å². The van der Waals surface area contributed by atoms with Crippen LogP contribution in [0.25, 0.3) is 42.5 Å². The zero-order valence-electron chi connectivity index (χ0n) is 15.7. The van der Waals surface area contributed by atoms with Crippen molar-refractivity contribution in [2.24, 2.45) is 0 Å². The molecule has 0 saturated carbocycles. The zero-order valence-corrected chi connectivity index (χ0v) is 16.5. The van der Waals surface area contributed by atoms with Crippen LogP contribution in [0.5, 0.6) is 0 Å². The van der Waals surface area contributed by atoms with Crippen LogP contribution in [0.2, 0.25) is 0 Å². The summed E-state index contributed by atoms with van der Waals surface area (Å²) in [6, 6.07) is 23.3. The minimum Gasteiger partial charge on any atom is -0.231 e. The van der Waals surface area contributed by atoms with E-state index in [1.807, 2.05) is 29.5 Å². The van der Waals surface area contributed by atoms with Crippen LogP contribution in [0.3, 0.4) is 0 Å². The summed E-state index contributed by atoms with van der Waals surface area (Å²) in [5.41, 5.74) is 3.20. The third kappa shape index (κ3) is 2.62. The van der Waals surface area contributed by atoms with Crippen molar-refractivity contribution in [1.82, 2.24) is 9.97 Å². The normalized spacial score (nSPS) is 12.3. The number of thiophene rings is 1. The second kappa shape index (κ2) is 5.86. The summed E-state index contributed by atoms with van der Waals surface area (Å²) >= 11 is 1.81. The van der Waals surface area contributed by atoms with Gasteiger partial charge in [0.25, 0.3) is 0 Å². The SMILES string of the molecule is CC(C)(C)c1nc(-c2ccccc2)nc2c1sc1ccc3ccccc3c12. The molecule has 0 unspecified atom stereocenters. The molecular formula is C24H20N2S. The maximum Gasteiger partial charge on any atom is 0.160 e. The van der Waals surface area contributed by atoms with Gasteiger partial charge in [0.15, 0.2) is 5.82 Å². The first-order valence-corrected chi connectivity index (χ1v) is 10.0. The third-order valence-corrected chi connectivity index (χ3v) is 6.10. The van der Waals surface area contributed by atoms with E-state index in [1.165, 1.54) is 25.6 Å². The zero-order chi connectivity index (χ0) is 18.6. The van der Waals surface area contributed by atoms with E-state index in [2.05, 4.69) is 69.3 Å². The van der Waals surface area contributed by atoms with Crippen LogP contribution in [0, 0.1) is 0 Å². The van der Waals surface area contributed by atoms with E-state index in [9.17, 15) is 0 Å². The monoisotopic (exact) mass is 368 g/mol. The fourth-order valence-electron chi connectivity index (χ4n) is 3.63. The molecule has 0 bridgehead atoms. The Morgan fingerprint density at radius 3 is 2.30 bits per heavy atom. The number of hydrogen-bond acceptors (Lipinski definition) is 3. The fraction of sp³-hybridized carbons (Fsp3) is 0.167. The van der Waals surface area contributed by atoms with Gasteiger partial charge >= 0.3 is 0 Å². The van der Waals surface area contributed by atoms with Crippen LogP contribution >= 0.6 is 11.3 Å². The van der Waals surface area contributed by atoms with Crippen molar-refractivity contribution >= 4 is 42.4 Å². The lowest BCUT2D eigenvalue weighted by Crippen LogP contribution is -2.14. The van der Waals surface area contributed by atoms with Gasteiger partial charge in [-0.05, 0) is 16.8 Å². The quantitative estimate of drug-likeness (QED) is 0.319. The van der Waals surface area contributed by atoms with Crippen LogP contribution in [0.4, 0.5) is 0 Å². The van der Waals surface area contributed by atoms with Crippen molar-refractivity contribution in [3.05, 3.63) is 72.4 Å². The minimum absolute atomic E-state index is 0.0542. The molecule has 27 heavy (non-hydrogen) atoms. The maximum absolute atomic E-state index is 5.06. The predicted octanol–water partition coefficient (Wildman–Crippen LogP) is 6.96. The Labute approximate surface area is 162 Å². The van der Waals surface area contributed by atoms with Crippen molar-refractivity contribution in [2.75, 3.05) is 0 Å². The first kappa shape index (κ1) is 16.4. The molecule has 0 amide bonds. The molecule has 2 aromatic heterocycles. The van der Waals surface area contributed by atoms with E-state index in [0.29, 0.717) is 0 Å². The summed E-state index contributed by atoms with van der Waals surface area (Å²) in [5, 5.41) is 3.76. The molecule has 0 aliphatic carbocycles. The lowest BCUT2D eigenvalue weighted by Gasteiger charge is -2.19. The molecule has 0 aliphatic rings. The number of nitrogens with zero attached hydrogens (tertiary/aromatic N) is 2. The highest BCUT2D eigenvalue weighted by atomic mass is 32.1. The Bertz CT molecular complexity index is 1290. The fourth-order valence-corrected chi connectivity index (χ4v) is 4.99. The summed E-state index contributed by atoms with van der Waals surface area (Å²) < 4.78 is 2.47. The molecule has 3 heteroatoms. The van der Waals surface area contributed by atoms with Crippen molar-refractivity contribution in [1.29, 1.82) is 0 Å². The Morgan fingerprint density at radius 2 is 1.52 bits per heavy atom. The summed E-state index contributed by atoms with van der Waals surface area (Å²) in [6.45, 7) is 6.68.